The zero-order valence-electron chi connectivity index (χ0n) is 19.7. The van der Waals surface area contributed by atoms with Crippen molar-refractivity contribution in [3.63, 3.8) is 0 Å². The van der Waals surface area contributed by atoms with Gasteiger partial charge in [0, 0.05) is 31.0 Å². The van der Waals surface area contributed by atoms with Crippen molar-refractivity contribution in [1.82, 2.24) is 19.2 Å². The lowest BCUT2D eigenvalue weighted by atomic mass is 10.1. The number of amides is 1. The predicted octanol–water partition coefficient (Wildman–Crippen LogP) is 4.34. The highest BCUT2D eigenvalue weighted by Gasteiger charge is 2.21. The number of fused-ring (bicyclic) bond motifs is 3. The Morgan fingerprint density at radius 3 is 2.60 bits per heavy atom. The number of anilines is 2. The first kappa shape index (κ1) is 23.2. The van der Waals surface area contributed by atoms with Gasteiger partial charge < -0.3 is 10.2 Å². The highest BCUT2D eigenvalue weighted by molar-refractivity contribution is 8.00. The quantitative estimate of drug-likeness (QED) is 0.308. The molecule has 3 heterocycles. The minimum absolute atomic E-state index is 0.124. The number of aromatic nitrogens is 4. The number of nitrogens with one attached hydrogen (secondary N) is 1. The number of nitrogens with zero attached hydrogens (tertiary/aromatic N) is 5. The van der Waals surface area contributed by atoms with E-state index in [0.717, 1.165) is 18.8 Å². The summed E-state index contributed by atoms with van der Waals surface area (Å²) in [6.07, 6.45) is 5.40. The van der Waals surface area contributed by atoms with Gasteiger partial charge in [0.05, 0.1) is 16.2 Å². The van der Waals surface area contributed by atoms with E-state index in [1.807, 2.05) is 41.7 Å². The number of carbonyl (C=O) groups excluding carboxylic acids is 1. The number of piperidine rings is 1. The van der Waals surface area contributed by atoms with Crippen molar-refractivity contribution in [1.29, 1.82) is 0 Å². The molecule has 0 aliphatic carbocycles. The average molecular weight is 489 g/mol. The molecule has 1 atom stereocenters. The molecule has 35 heavy (non-hydrogen) atoms. The van der Waals surface area contributed by atoms with Gasteiger partial charge in [-0.2, -0.15) is 0 Å². The van der Waals surface area contributed by atoms with Crippen LogP contribution in [0.15, 0.2) is 71.1 Å². The van der Waals surface area contributed by atoms with Crippen molar-refractivity contribution in [2.24, 2.45) is 0 Å². The van der Waals surface area contributed by atoms with Gasteiger partial charge in [0.25, 0.3) is 5.56 Å². The Morgan fingerprint density at radius 2 is 1.86 bits per heavy atom. The summed E-state index contributed by atoms with van der Waals surface area (Å²) in [7, 11) is 0. The van der Waals surface area contributed by atoms with E-state index in [1.54, 1.807) is 16.7 Å². The third-order valence-corrected chi connectivity index (χ3v) is 7.34. The Balaban J connectivity index is 1.37. The molecular formula is C26H28N6O2S. The van der Waals surface area contributed by atoms with Crippen molar-refractivity contribution >= 4 is 45.7 Å². The molecule has 1 amide bonds. The van der Waals surface area contributed by atoms with Gasteiger partial charge in [-0.15, -0.1) is 16.8 Å². The number of para-hydroxylation sites is 1. The maximum Gasteiger partial charge on any atom is 0.263 e. The van der Waals surface area contributed by atoms with E-state index in [-0.39, 0.29) is 11.5 Å². The summed E-state index contributed by atoms with van der Waals surface area (Å²) in [5.41, 5.74) is 2.52. The van der Waals surface area contributed by atoms with Gasteiger partial charge in [0.15, 0.2) is 5.16 Å². The van der Waals surface area contributed by atoms with Crippen LogP contribution in [0.5, 0.6) is 0 Å². The smallest absolute Gasteiger partial charge is 0.263 e. The van der Waals surface area contributed by atoms with Crippen LogP contribution in [0.25, 0.3) is 16.7 Å². The topological polar surface area (TPSA) is 84.5 Å². The van der Waals surface area contributed by atoms with Gasteiger partial charge in [-0.3, -0.25) is 18.6 Å². The molecule has 1 saturated heterocycles. The number of allylic oxidation sites excluding steroid dienone is 1. The van der Waals surface area contributed by atoms with E-state index in [4.69, 9.17) is 0 Å². The molecular weight excluding hydrogens is 460 g/mol. The fourth-order valence-corrected chi connectivity index (χ4v) is 5.32. The van der Waals surface area contributed by atoms with Crippen LogP contribution in [0.3, 0.4) is 0 Å². The van der Waals surface area contributed by atoms with Crippen LogP contribution in [0, 0.1) is 0 Å². The van der Waals surface area contributed by atoms with E-state index in [0.29, 0.717) is 28.4 Å². The average Bonchev–Trinajstić information content (AvgIpc) is 3.31. The molecule has 0 bridgehead atoms. The number of rotatable bonds is 7. The Hall–Kier alpha value is -3.59. The molecule has 5 rings (SSSR count). The summed E-state index contributed by atoms with van der Waals surface area (Å²) >= 11 is 1.31. The largest absolute Gasteiger partial charge is 0.372 e. The van der Waals surface area contributed by atoms with Crippen LogP contribution in [0.2, 0.25) is 0 Å². The van der Waals surface area contributed by atoms with Crippen molar-refractivity contribution < 1.29 is 4.79 Å². The van der Waals surface area contributed by atoms with E-state index in [9.17, 15) is 9.59 Å². The summed E-state index contributed by atoms with van der Waals surface area (Å²) in [6.45, 7) is 8.08. The van der Waals surface area contributed by atoms with Crippen molar-refractivity contribution in [2.75, 3.05) is 23.3 Å². The van der Waals surface area contributed by atoms with Crippen LogP contribution < -0.4 is 15.8 Å². The predicted molar refractivity (Wildman–Crippen MR) is 141 cm³/mol. The monoisotopic (exact) mass is 488 g/mol. The summed E-state index contributed by atoms with van der Waals surface area (Å²) in [6, 6.07) is 15.4. The maximum atomic E-state index is 13.0. The Morgan fingerprint density at radius 1 is 1.11 bits per heavy atom. The molecule has 9 heteroatoms. The molecule has 2 aromatic carbocycles. The molecule has 1 N–H and O–H groups in total. The molecule has 0 radical (unpaired) electrons. The van der Waals surface area contributed by atoms with Crippen LogP contribution in [0.1, 0.15) is 26.2 Å². The number of benzene rings is 2. The molecule has 0 spiro atoms. The second-order valence-corrected chi connectivity index (χ2v) is 9.99. The Kier molecular flexibility index (Phi) is 6.59. The maximum absolute atomic E-state index is 13.0. The van der Waals surface area contributed by atoms with Gasteiger partial charge >= 0.3 is 0 Å². The minimum Gasteiger partial charge on any atom is -0.372 e. The highest BCUT2D eigenvalue weighted by atomic mass is 32.2. The van der Waals surface area contributed by atoms with Crippen LogP contribution in [0.4, 0.5) is 11.4 Å². The zero-order valence-corrected chi connectivity index (χ0v) is 20.5. The molecule has 1 fully saturated rings. The van der Waals surface area contributed by atoms with Crippen molar-refractivity contribution in [3.8, 4) is 0 Å². The van der Waals surface area contributed by atoms with Crippen molar-refractivity contribution in [3.05, 3.63) is 71.5 Å². The standard InChI is InChI=1S/C26H28N6O2S/c1-3-15-31-24(34)21-9-5-6-10-22(21)32-25(31)28-29-26(32)35-18(2)23(33)27-19-11-13-20(14-12-19)30-16-7-4-8-17-30/h3,5-6,9-14,18H,1,4,7-8,15-17H2,2H3,(H,27,33). The molecule has 8 nitrogen and oxygen atoms in total. The second kappa shape index (κ2) is 9.95. The number of thioether (sulfide) groups is 1. The van der Waals surface area contributed by atoms with Crippen LogP contribution in [-0.2, 0) is 11.3 Å². The summed E-state index contributed by atoms with van der Waals surface area (Å²) in [5, 5.41) is 12.3. The number of hydrogen-bond donors (Lipinski definition) is 1. The molecule has 180 valence electrons. The lowest BCUT2D eigenvalue weighted by molar-refractivity contribution is -0.115. The van der Waals surface area contributed by atoms with Gasteiger partial charge in [-0.05, 0) is 62.6 Å². The van der Waals surface area contributed by atoms with E-state index in [1.165, 1.54) is 36.7 Å². The van der Waals surface area contributed by atoms with Gasteiger partial charge in [-0.1, -0.05) is 30.0 Å². The van der Waals surface area contributed by atoms with Gasteiger partial charge in [-0.25, -0.2) is 0 Å². The normalized spacial score (nSPS) is 14.8. The molecule has 0 saturated carbocycles. The molecule has 2 aromatic heterocycles. The first-order valence-electron chi connectivity index (χ1n) is 11.9. The second-order valence-electron chi connectivity index (χ2n) is 8.68. The van der Waals surface area contributed by atoms with E-state index in [2.05, 4.69) is 39.1 Å². The summed E-state index contributed by atoms with van der Waals surface area (Å²) < 4.78 is 3.38. The highest BCUT2D eigenvalue weighted by Crippen LogP contribution is 2.27. The Labute approximate surface area is 207 Å². The first-order valence-corrected chi connectivity index (χ1v) is 12.7. The molecule has 1 aliphatic rings. The fraction of sp³-hybridized carbons (Fsp3) is 0.308. The van der Waals surface area contributed by atoms with Crippen LogP contribution >= 0.6 is 11.8 Å². The van der Waals surface area contributed by atoms with Gasteiger partial charge in [0.2, 0.25) is 11.7 Å². The third-order valence-electron chi connectivity index (χ3n) is 6.30. The number of hydrogen-bond acceptors (Lipinski definition) is 6. The van der Waals surface area contributed by atoms with E-state index >= 15 is 0 Å². The number of carbonyl (C=O) groups is 1. The van der Waals surface area contributed by atoms with E-state index < -0.39 is 5.25 Å². The molecule has 1 aliphatic heterocycles. The lowest BCUT2D eigenvalue weighted by Crippen LogP contribution is -2.29. The zero-order chi connectivity index (χ0) is 24.4. The third kappa shape index (κ3) is 4.55. The Bertz CT molecular complexity index is 1440. The summed E-state index contributed by atoms with van der Waals surface area (Å²) in [5.74, 6) is 0.304. The van der Waals surface area contributed by atoms with Crippen molar-refractivity contribution in [2.45, 2.75) is 43.1 Å². The van der Waals surface area contributed by atoms with Crippen LogP contribution in [-0.4, -0.2) is 43.4 Å². The van der Waals surface area contributed by atoms with Gasteiger partial charge in [0.1, 0.15) is 0 Å². The molecule has 4 aromatic rings. The lowest BCUT2D eigenvalue weighted by Gasteiger charge is -2.28. The fourth-order valence-electron chi connectivity index (χ4n) is 4.47. The SMILES string of the molecule is C=CCn1c(=O)c2ccccc2n2c(SC(C)C(=O)Nc3ccc(N4CCCCC4)cc3)nnc12. The first-order chi connectivity index (χ1) is 17.1. The summed E-state index contributed by atoms with van der Waals surface area (Å²) in [4.78, 5) is 28.3. The molecule has 1 unspecified atom stereocenters. The minimum atomic E-state index is -0.428.